The van der Waals surface area contributed by atoms with Gasteiger partial charge in [-0.15, -0.1) is 0 Å². The number of carboxylic acids is 1. The van der Waals surface area contributed by atoms with Gasteiger partial charge in [0.2, 0.25) is 0 Å². The molecular formula is C14H12N4O3. The first-order chi connectivity index (χ1) is 10.1. The van der Waals surface area contributed by atoms with Crippen LogP contribution < -0.4 is 5.32 Å². The Labute approximate surface area is 120 Å². The Morgan fingerprint density at radius 3 is 2.90 bits per heavy atom. The van der Waals surface area contributed by atoms with Gasteiger partial charge in [-0.2, -0.15) is 5.26 Å². The summed E-state index contributed by atoms with van der Waals surface area (Å²) in [5.74, 6) is -1.69. The number of H-pyrrole nitrogens is 1. The summed E-state index contributed by atoms with van der Waals surface area (Å²) in [5, 5.41) is 20.4. The minimum atomic E-state index is -1.14. The van der Waals surface area contributed by atoms with Gasteiger partial charge in [0.15, 0.2) is 0 Å². The predicted molar refractivity (Wildman–Crippen MR) is 72.3 cm³/mol. The van der Waals surface area contributed by atoms with Crippen LogP contribution in [0.2, 0.25) is 0 Å². The minimum Gasteiger partial charge on any atom is -0.480 e. The lowest BCUT2D eigenvalue weighted by Gasteiger charge is -2.13. The van der Waals surface area contributed by atoms with Gasteiger partial charge >= 0.3 is 5.97 Å². The molecule has 0 aliphatic carbocycles. The number of rotatable bonds is 5. The lowest BCUT2D eigenvalue weighted by Crippen LogP contribution is -2.42. The summed E-state index contributed by atoms with van der Waals surface area (Å²) in [4.78, 5) is 29.8. The molecule has 0 bridgehead atoms. The molecule has 1 aromatic carbocycles. The first-order valence-corrected chi connectivity index (χ1v) is 6.11. The third kappa shape index (κ3) is 3.67. The zero-order valence-corrected chi connectivity index (χ0v) is 10.9. The van der Waals surface area contributed by atoms with Crippen molar-refractivity contribution in [3.05, 3.63) is 53.6 Å². The number of amides is 1. The van der Waals surface area contributed by atoms with Crippen LogP contribution in [0.1, 0.15) is 21.6 Å². The highest BCUT2D eigenvalue weighted by Crippen LogP contribution is 2.06. The molecule has 0 saturated heterocycles. The summed E-state index contributed by atoms with van der Waals surface area (Å²) in [6, 6.07) is 6.90. The highest BCUT2D eigenvalue weighted by Gasteiger charge is 2.21. The average molecular weight is 284 g/mol. The lowest BCUT2D eigenvalue weighted by molar-refractivity contribution is -0.139. The number of hydrogen-bond donors (Lipinski definition) is 3. The van der Waals surface area contributed by atoms with Crippen molar-refractivity contribution >= 4 is 11.9 Å². The van der Waals surface area contributed by atoms with Crippen LogP contribution in [0, 0.1) is 11.3 Å². The molecule has 1 aromatic heterocycles. The molecule has 0 radical (unpaired) electrons. The fourth-order valence-electron chi connectivity index (χ4n) is 1.79. The Morgan fingerprint density at radius 1 is 1.48 bits per heavy atom. The SMILES string of the molecule is N#Cc1cccc(C(=O)N[C@H](Cc2cnc[nH]2)C(=O)O)c1. The van der Waals surface area contributed by atoms with Crippen molar-refractivity contribution < 1.29 is 14.7 Å². The molecule has 0 fully saturated rings. The number of carboxylic acid groups (broad SMARTS) is 1. The Morgan fingerprint density at radius 2 is 2.29 bits per heavy atom. The maximum absolute atomic E-state index is 12.0. The number of benzene rings is 1. The van der Waals surface area contributed by atoms with Crippen LogP contribution in [0.4, 0.5) is 0 Å². The summed E-state index contributed by atoms with van der Waals surface area (Å²) >= 11 is 0. The van der Waals surface area contributed by atoms with Crippen molar-refractivity contribution in [3.63, 3.8) is 0 Å². The number of aromatic nitrogens is 2. The van der Waals surface area contributed by atoms with E-state index in [2.05, 4.69) is 15.3 Å². The van der Waals surface area contributed by atoms with Crippen molar-refractivity contribution in [1.29, 1.82) is 5.26 Å². The van der Waals surface area contributed by atoms with Crippen molar-refractivity contribution in [2.75, 3.05) is 0 Å². The molecule has 1 heterocycles. The zero-order chi connectivity index (χ0) is 15.2. The molecule has 0 unspecified atom stereocenters. The van der Waals surface area contributed by atoms with Gasteiger partial charge in [0, 0.05) is 23.9 Å². The van der Waals surface area contributed by atoms with Gasteiger partial charge in [-0.3, -0.25) is 4.79 Å². The molecule has 2 aromatic rings. The standard InChI is InChI=1S/C14H12N4O3/c15-6-9-2-1-3-10(4-9)13(19)18-12(14(20)21)5-11-7-16-8-17-11/h1-4,7-8,12H,5H2,(H,16,17)(H,18,19)(H,20,21)/t12-/m1/s1. The summed E-state index contributed by atoms with van der Waals surface area (Å²) in [5.41, 5.74) is 1.18. The van der Waals surface area contributed by atoms with Crippen LogP contribution in [0.5, 0.6) is 0 Å². The number of nitrogens with zero attached hydrogens (tertiary/aromatic N) is 2. The molecule has 106 valence electrons. The van der Waals surface area contributed by atoms with Gasteiger partial charge in [0.1, 0.15) is 6.04 Å². The highest BCUT2D eigenvalue weighted by molar-refractivity contribution is 5.96. The number of hydrogen-bond acceptors (Lipinski definition) is 4. The van der Waals surface area contributed by atoms with Crippen LogP contribution in [0.15, 0.2) is 36.8 Å². The average Bonchev–Trinajstić information content (AvgIpc) is 2.99. The maximum atomic E-state index is 12.0. The first-order valence-electron chi connectivity index (χ1n) is 6.11. The van der Waals surface area contributed by atoms with Crippen LogP contribution in [-0.4, -0.2) is 33.0 Å². The fourth-order valence-corrected chi connectivity index (χ4v) is 1.79. The summed E-state index contributed by atoms with van der Waals surface area (Å²) in [7, 11) is 0. The number of carbonyl (C=O) groups excluding carboxylic acids is 1. The van der Waals surface area contributed by atoms with Crippen molar-refractivity contribution in [3.8, 4) is 6.07 Å². The van der Waals surface area contributed by atoms with Gasteiger partial charge in [0.05, 0.1) is 18.0 Å². The number of imidazole rings is 1. The topological polar surface area (TPSA) is 119 Å². The van der Waals surface area contributed by atoms with E-state index in [9.17, 15) is 9.59 Å². The van der Waals surface area contributed by atoms with E-state index in [1.165, 1.54) is 24.7 Å². The number of carbonyl (C=O) groups is 2. The molecule has 0 spiro atoms. The van der Waals surface area contributed by atoms with Gasteiger partial charge in [-0.1, -0.05) is 6.07 Å². The second-order valence-electron chi connectivity index (χ2n) is 4.34. The Bertz CT molecular complexity index is 688. The van der Waals surface area contributed by atoms with E-state index >= 15 is 0 Å². The van der Waals surface area contributed by atoms with E-state index in [0.717, 1.165) is 0 Å². The quantitative estimate of drug-likeness (QED) is 0.747. The van der Waals surface area contributed by atoms with Gasteiger partial charge in [-0.05, 0) is 18.2 Å². The van der Waals surface area contributed by atoms with Crippen LogP contribution in [0.3, 0.4) is 0 Å². The van der Waals surface area contributed by atoms with E-state index < -0.39 is 17.9 Å². The molecule has 3 N–H and O–H groups in total. The molecular weight excluding hydrogens is 272 g/mol. The normalized spacial score (nSPS) is 11.4. The Balaban J connectivity index is 2.11. The van der Waals surface area contributed by atoms with E-state index in [0.29, 0.717) is 11.3 Å². The van der Waals surface area contributed by atoms with Gasteiger partial charge in [0.25, 0.3) is 5.91 Å². The summed E-state index contributed by atoms with van der Waals surface area (Å²) in [6.45, 7) is 0. The van der Waals surface area contributed by atoms with Crippen LogP contribution in [-0.2, 0) is 11.2 Å². The van der Waals surface area contributed by atoms with E-state index in [1.54, 1.807) is 12.1 Å². The monoisotopic (exact) mass is 284 g/mol. The summed E-state index contributed by atoms with van der Waals surface area (Å²) < 4.78 is 0. The zero-order valence-electron chi connectivity index (χ0n) is 10.9. The molecule has 0 saturated carbocycles. The van der Waals surface area contributed by atoms with E-state index in [4.69, 9.17) is 10.4 Å². The largest absolute Gasteiger partial charge is 0.480 e. The number of aromatic amines is 1. The minimum absolute atomic E-state index is 0.0962. The lowest BCUT2D eigenvalue weighted by atomic mass is 10.1. The third-order valence-corrected chi connectivity index (χ3v) is 2.84. The van der Waals surface area contributed by atoms with E-state index in [-0.39, 0.29) is 12.0 Å². The van der Waals surface area contributed by atoms with E-state index in [1.807, 2.05) is 6.07 Å². The van der Waals surface area contributed by atoms with Crippen molar-refractivity contribution in [2.24, 2.45) is 0 Å². The molecule has 1 amide bonds. The second kappa shape index (κ2) is 6.34. The third-order valence-electron chi connectivity index (χ3n) is 2.84. The highest BCUT2D eigenvalue weighted by atomic mass is 16.4. The van der Waals surface area contributed by atoms with Crippen molar-refractivity contribution in [1.82, 2.24) is 15.3 Å². The van der Waals surface area contributed by atoms with Crippen molar-refractivity contribution in [2.45, 2.75) is 12.5 Å². The maximum Gasteiger partial charge on any atom is 0.326 e. The van der Waals surface area contributed by atoms with Crippen LogP contribution in [0.25, 0.3) is 0 Å². The van der Waals surface area contributed by atoms with Gasteiger partial charge in [-0.25, -0.2) is 9.78 Å². The first kappa shape index (κ1) is 14.3. The molecule has 0 aliphatic rings. The number of nitriles is 1. The summed E-state index contributed by atoms with van der Waals surface area (Å²) in [6.07, 6.45) is 3.03. The molecule has 7 heteroatoms. The Kier molecular flexibility index (Phi) is 4.31. The molecule has 2 rings (SSSR count). The fraction of sp³-hybridized carbons (Fsp3) is 0.143. The molecule has 21 heavy (non-hydrogen) atoms. The Hall–Kier alpha value is -3.14. The predicted octanol–water partition coefficient (Wildman–Crippen LogP) is 0.707. The molecule has 0 aliphatic heterocycles. The van der Waals surface area contributed by atoms with Crippen LogP contribution >= 0.6 is 0 Å². The van der Waals surface area contributed by atoms with Gasteiger partial charge < -0.3 is 15.4 Å². The number of nitrogens with one attached hydrogen (secondary N) is 2. The molecule has 1 atom stereocenters. The second-order valence-corrected chi connectivity index (χ2v) is 4.34. The number of aliphatic carboxylic acids is 1. The smallest absolute Gasteiger partial charge is 0.326 e. The molecule has 7 nitrogen and oxygen atoms in total.